The van der Waals surface area contributed by atoms with Crippen molar-refractivity contribution in [2.75, 3.05) is 33.9 Å². The number of nitrogens with zero attached hydrogens (tertiary/aromatic N) is 3. The highest BCUT2D eigenvalue weighted by molar-refractivity contribution is 7.11. The van der Waals surface area contributed by atoms with Crippen molar-refractivity contribution in [3.05, 3.63) is 39.8 Å². The first kappa shape index (κ1) is 19.2. The van der Waals surface area contributed by atoms with Gasteiger partial charge in [0.25, 0.3) is 5.91 Å². The zero-order valence-electron chi connectivity index (χ0n) is 16.7. The SMILES string of the molecule is COc1ccc(OC)c(C(=O)N2CCCC3(CCN3Cc3cnc(C)s3)C2)c1. The van der Waals surface area contributed by atoms with Crippen LogP contribution in [-0.4, -0.2) is 60.1 Å². The van der Waals surface area contributed by atoms with E-state index >= 15 is 0 Å². The maximum Gasteiger partial charge on any atom is 0.257 e. The van der Waals surface area contributed by atoms with Crippen molar-refractivity contribution in [2.24, 2.45) is 0 Å². The molecule has 0 radical (unpaired) electrons. The van der Waals surface area contributed by atoms with E-state index in [9.17, 15) is 4.79 Å². The van der Waals surface area contributed by atoms with Crippen LogP contribution < -0.4 is 9.47 Å². The van der Waals surface area contributed by atoms with Crippen molar-refractivity contribution < 1.29 is 14.3 Å². The van der Waals surface area contributed by atoms with Crippen LogP contribution in [0.15, 0.2) is 24.4 Å². The lowest BCUT2D eigenvalue weighted by Gasteiger charge is -2.57. The lowest BCUT2D eigenvalue weighted by molar-refractivity contribution is -0.0643. The molecule has 7 heteroatoms. The van der Waals surface area contributed by atoms with E-state index in [0.29, 0.717) is 17.1 Å². The number of benzene rings is 1. The van der Waals surface area contributed by atoms with Gasteiger partial charge in [0.2, 0.25) is 0 Å². The number of ether oxygens (including phenoxy) is 2. The fraction of sp³-hybridized carbons (Fsp3) is 0.524. The molecule has 1 aromatic carbocycles. The number of amides is 1. The van der Waals surface area contributed by atoms with Crippen LogP contribution in [0.4, 0.5) is 0 Å². The molecule has 1 spiro atoms. The van der Waals surface area contributed by atoms with Gasteiger partial charge in [0, 0.05) is 42.8 Å². The Morgan fingerprint density at radius 2 is 2.11 bits per heavy atom. The number of hydrogen-bond donors (Lipinski definition) is 0. The van der Waals surface area contributed by atoms with Crippen molar-refractivity contribution in [1.29, 1.82) is 0 Å². The lowest BCUT2D eigenvalue weighted by atomic mass is 9.77. The number of aromatic nitrogens is 1. The summed E-state index contributed by atoms with van der Waals surface area (Å²) in [7, 11) is 3.21. The number of hydrogen-bond acceptors (Lipinski definition) is 6. The molecular weight excluding hydrogens is 374 g/mol. The second-order valence-corrected chi connectivity index (χ2v) is 8.96. The number of rotatable bonds is 5. The molecule has 2 aliphatic heterocycles. The van der Waals surface area contributed by atoms with Gasteiger partial charge in [-0.25, -0.2) is 4.98 Å². The highest BCUT2D eigenvalue weighted by Gasteiger charge is 2.48. The zero-order valence-corrected chi connectivity index (χ0v) is 17.6. The molecule has 2 fully saturated rings. The molecule has 1 unspecified atom stereocenters. The Labute approximate surface area is 170 Å². The first-order valence-electron chi connectivity index (χ1n) is 9.72. The first-order chi connectivity index (χ1) is 13.5. The van der Waals surface area contributed by atoms with Crippen LogP contribution in [0, 0.1) is 6.92 Å². The fourth-order valence-electron chi connectivity index (χ4n) is 4.40. The topological polar surface area (TPSA) is 54.9 Å². The monoisotopic (exact) mass is 401 g/mol. The van der Waals surface area contributed by atoms with E-state index in [1.54, 1.807) is 37.7 Å². The molecule has 2 saturated heterocycles. The van der Waals surface area contributed by atoms with Crippen molar-refractivity contribution in [2.45, 2.75) is 38.3 Å². The number of methoxy groups -OCH3 is 2. The average Bonchev–Trinajstić information content (AvgIpc) is 3.15. The Hall–Kier alpha value is -2.12. The Morgan fingerprint density at radius 1 is 1.25 bits per heavy atom. The normalized spacial score (nSPS) is 22.2. The van der Waals surface area contributed by atoms with Crippen molar-refractivity contribution in [3.63, 3.8) is 0 Å². The number of likely N-dealkylation sites (tertiary alicyclic amines) is 2. The molecule has 4 rings (SSSR count). The minimum atomic E-state index is 0.0234. The van der Waals surface area contributed by atoms with Crippen LogP contribution in [0.1, 0.15) is 39.5 Å². The van der Waals surface area contributed by atoms with Crippen molar-refractivity contribution >= 4 is 17.2 Å². The average molecular weight is 402 g/mol. The van der Waals surface area contributed by atoms with Crippen LogP contribution >= 0.6 is 11.3 Å². The second-order valence-electron chi connectivity index (χ2n) is 7.64. The van der Waals surface area contributed by atoms with Gasteiger partial charge in [0.05, 0.1) is 24.8 Å². The molecule has 3 heterocycles. The highest BCUT2D eigenvalue weighted by atomic mass is 32.1. The van der Waals surface area contributed by atoms with Crippen molar-refractivity contribution in [3.8, 4) is 11.5 Å². The first-order valence-corrected chi connectivity index (χ1v) is 10.5. The number of thiazole rings is 1. The minimum Gasteiger partial charge on any atom is -0.497 e. The predicted octanol–water partition coefficient (Wildman–Crippen LogP) is 3.35. The summed E-state index contributed by atoms with van der Waals surface area (Å²) in [5.74, 6) is 1.29. The van der Waals surface area contributed by atoms with Crippen LogP contribution in [0.2, 0.25) is 0 Å². The summed E-state index contributed by atoms with van der Waals surface area (Å²) < 4.78 is 10.7. The van der Waals surface area contributed by atoms with E-state index in [1.807, 2.05) is 24.1 Å². The van der Waals surface area contributed by atoms with E-state index in [0.717, 1.165) is 50.4 Å². The standard InChI is InChI=1S/C21H27N3O3S/c1-15-22-12-17(28-15)13-24-10-8-21(24)7-4-9-23(14-21)20(25)18-11-16(26-2)5-6-19(18)27-3/h5-6,11-12H,4,7-10,13-14H2,1-3H3. The van der Waals surface area contributed by atoms with Crippen molar-refractivity contribution in [1.82, 2.24) is 14.8 Å². The van der Waals surface area contributed by atoms with Gasteiger partial charge in [-0.1, -0.05) is 0 Å². The largest absolute Gasteiger partial charge is 0.497 e. The predicted molar refractivity (Wildman–Crippen MR) is 109 cm³/mol. The second kappa shape index (κ2) is 7.72. The van der Waals surface area contributed by atoms with Gasteiger partial charge >= 0.3 is 0 Å². The summed E-state index contributed by atoms with van der Waals surface area (Å²) in [6, 6.07) is 5.40. The maximum absolute atomic E-state index is 13.3. The minimum absolute atomic E-state index is 0.0234. The third-order valence-corrected chi connectivity index (χ3v) is 6.91. The molecule has 150 valence electrons. The fourth-order valence-corrected chi connectivity index (χ4v) is 5.21. The van der Waals surface area contributed by atoms with Crippen LogP contribution in [0.5, 0.6) is 11.5 Å². The molecule has 0 aliphatic carbocycles. The van der Waals surface area contributed by atoms with Gasteiger partial charge < -0.3 is 14.4 Å². The Morgan fingerprint density at radius 3 is 2.75 bits per heavy atom. The molecule has 1 amide bonds. The number of carbonyl (C=O) groups is 1. The Bertz CT molecular complexity index is 868. The van der Waals surface area contributed by atoms with E-state index in [1.165, 1.54) is 4.88 Å². The summed E-state index contributed by atoms with van der Waals surface area (Å²) in [5, 5.41) is 1.11. The molecule has 1 aromatic heterocycles. The quantitative estimate of drug-likeness (QED) is 0.769. The summed E-state index contributed by atoms with van der Waals surface area (Å²) in [4.78, 5) is 23.5. The Kier molecular flexibility index (Phi) is 5.29. The molecule has 0 bridgehead atoms. The molecule has 2 aromatic rings. The van der Waals surface area contributed by atoms with E-state index < -0.39 is 0 Å². The summed E-state index contributed by atoms with van der Waals surface area (Å²) in [6.45, 7) is 5.61. The van der Waals surface area contributed by atoms with Gasteiger partial charge in [-0.15, -0.1) is 11.3 Å². The van der Waals surface area contributed by atoms with Crippen LogP contribution in [0.25, 0.3) is 0 Å². The molecule has 6 nitrogen and oxygen atoms in total. The molecule has 28 heavy (non-hydrogen) atoms. The summed E-state index contributed by atoms with van der Waals surface area (Å²) in [6.07, 6.45) is 5.29. The van der Waals surface area contributed by atoms with Gasteiger partial charge in [-0.3, -0.25) is 9.69 Å². The Balaban J connectivity index is 1.51. The molecular formula is C21H27N3O3S. The maximum atomic E-state index is 13.3. The third kappa shape index (κ3) is 3.49. The molecule has 0 N–H and O–H groups in total. The van der Waals surface area contributed by atoms with E-state index in [-0.39, 0.29) is 11.4 Å². The van der Waals surface area contributed by atoms with Gasteiger partial charge in [-0.05, 0) is 44.4 Å². The summed E-state index contributed by atoms with van der Waals surface area (Å²) >= 11 is 1.76. The number of carbonyl (C=O) groups excluding carboxylic acids is 1. The smallest absolute Gasteiger partial charge is 0.257 e. The molecule has 1 atom stereocenters. The summed E-state index contributed by atoms with van der Waals surface area (Å²) in [5.41, 5.74) is 0.667. The lowest BCUT2D eigenvalue weighted by Crippen LogP contribution is -2.66. The number of aryl methyl sites for hydroxylation is 1. The van der Waals surface area contributed by atoms with Crippen LogP contribution in [0.3, 0.4) is 0 Å². The van der Waals surface area contributed by atoms with Gasteiger partial charge in [0.1, 0.15) is 11.5 Å². The molecule has 2 aliphatic rings. The van der Waals surface area contributed by atoms with E-state index in [4.69, 9.17) is 9.47 Å². The zero-order chi connectivity index (χ0) is 19.7. The molecule has 0 saturated carbocycles. The van der Waals surface area contributed by atoms with Gasteiger partial charge in [0.15, 0.2) is 0 Å². The van der Waals surface area contributed by atoms with E-state index in [2.05, 4.69) is 9.88 Å². The van der Waals surface area contributed by atoms with Crippen LogP contribution in [-0.2, 0) is 6.54 Å². The third-order valence-electron chi connectivity index (χ3n) is 6.01. The van der Waals surface area contributed by atoms with Gasteiger partial charge in [-0.2, -0.15) is 0 Å². The highest BCUT2D eigenvalue weighted by Crippen LogP contribution is 2.41. The number of piperidine rings is 1.